The fourth-order valence-electron chi connectivity index (χ4n) is 4.03. The Labute approximate surface area is 177 Å². The zero-order valence-electron chi connectivity index (χ0n) is 16.3. The predicted molar refractivity (Wildman–Crippen MR) is 107 cm³/mol. The monoisotopic (exact) mass is 451 g/mol. The summed E-state index contributed by atoms with van der Waals surface area (Å²) in [5.74, 6) is 0. The zero-order valence-corrected chi connectivity index (χ0v) is 17.1. The van der Waals surface area contributed by atoms with Gasteiger partial charge in [0.05, 0.1) is 10.5 Å². The molecule has 6 nitrogen and oxygen atoms in total. The molecule has 1 atom stereocenters. The van der Waals surface area contributed by atoms with Crippen molar-refractivity contribution in [1.82, 2.24) is 15.2 Å². The molecule has 2 aromatic carbocycles. The van der Waals surface area contributed by atoms with Crippen LogP contribution >= 0.6 is 0 Å². The average Bonchev–Trinajstić information content (AvgIpc) is 3.13. The largest absolute Gasteiger partial charge is 0.417 e. The summed E-state index contributed by atoms with van der Waals surface area (Å²) < 4.78 is 67.1. The summed E-state index contributed by atoms with van der Waals surface area (Å²) in [6.45, 7) is 0. The van der Waals surface area contributed by atoms with Crippen molar-refractivity contribution in [2.24, 2.45) is 0 Å². The summed E-state index contributed by atoms with van der Waals surface area (Å²) in [6, 6.07) is 11.3. The number of halogens is 3. The smallest absolute Gasteiger partial charge is 0.298 e. The van der Waals surface area contributed by atoms with E-state index in [9.17, 15) is 26.4 Å². The standard InChI is InChI=1S/C21H20F3N3O3S/c22-21(23,24)16-11-5-7-13-18(16)31(29,30)26-20(28)27-19(14-8-2-1-3-9-14)15-10-4-6-12-17(15)25-27/h1-3,5,7-9,11,13,19,25H,4,6,10,12H2,(H,26,28). The molecule has 4 rings (SSSR count). The fourth-order valence-corrected chi connectivity index (χ4v) is 5.20. The van der Waals surface area contributed by atoms with Gasteiger partial charge in [-0.3, -0.25) is 5.43 Å². The van der Waals surface area contributed by atoms with Crippen LogP contribution in [-0.2, 0) is 16.2 Å². The molecule has 1 aliphatic carbocycles. The van der Waals surface area contributed by atoms with Crippen LogP contribution in [0.4, 0.5) is 18.0 Å². The number of carbonyl (C=O) groups is 1. The highest BCUT2D eigenvalue weighted by molar-refractivity contribution is 7.90. The molecule has 2 N–H and O–H groups in total. The van der Waals surface area contributed by atoms with Crippen LogP contribution in [0, 0.1) is 0 Å². The van der Waals surface area contributed by atoms with Gasteiger partial charge in [-0.15, -0.1) is 0 Å². The van der Waals surface area contributed by atoms with Crippen molar-refractivity contribution in [3.63, 3.8) is 0 Å². The summed E-state index contributed by atoms with van der Waals surface area (Å²) >= 11 is 0. The van der Waals surface area contributed by atoms with Gasteiger partial charge in [0.1, 0.15) is 6.04 Å². The van der Waals surface area contributed by atoms with E-state index in [1.165, 1.54) is 6.07 Å². The Morgan fingerprint density at radius 3 is 2.35 bits per heavy atom. The van der Waals surface area contributed by atoms with E-state index in [1.54, 1.807) is 4.72 Å². The highest BCUT2D eigenvalue weighted by Gasteiger charge is 2.41. The van der Waals surface area contributed by atoms with Crippen molar-refractivity contribution in [1.29, 1.82) is 0 Å². The van der Waals surface area contributed by atoms with E-state index in [-0.39, 0.29) is 0 Å². The highest BCUT2D eigenvalue weighted by Crippen LogP contribution is 2.41. The molecular weight excluding hydrogens is 431 g/mol. The van der Waals surface area contributed by atoms with E-state index in [4.69, 9.17) is 0 Å². The molecule has 10 heteroatoms. The first-order chi connectivity index (χ1) is 14.7. The molecule has 0 saturated heterocycles. The van der Waals surface area contributed by atoms with Crippen LogP contribution < -0.4 is 10.1 Å². The van der Waals surface area contributed by atoms with E-state index < -0.39 is 38.7 Å². The minimum Gasteiger partial charge on any atom is -0.298 e. The number of carbonyl (C=O) groups excluding carboxylic acids is 1. The number of allylic oxidation sites excluding steroid dienone is 1. The molecule has 2 aliphatic rings. The lowest BCUT2D eigenvalue weighted by Crippen LogP contribution is -2.48. The van der Waals surface area contributed by atoms with Gasteiger partial charge in [0.15, 0.2) is 0 Å². The Balaban J connectivity index is 1.65. The minimum absolute atomic E-state index is 0.537. The predicted octanol–water partition coefficient (Wildman–Crippen LogP) is 4.49. The Bertz CT molecular complexity index is 1130. The third-order valence-corrected chi connectivity index (χ3v) is 6.77. The maximum Gasteiger partial charge on any atom is 0.417 e. The minimum atomic E-state index is -4.88. The van der Waals surface area contributed by atoms with Crippen LogP contribution in [0.5, 0.6) is 0 Å². The molecule has 0 aromatic heterocycles. The summed E-state index contributed by atoms with van der Waals surface area (Å²) in [4.78, 5) is 12.0. The Hall–Kier alpha value is -3.01. The van der Waals surface area contributed by atoms with Crippen LogP contribution in [0.25, 0.3) is 0 Å². The van der Waals surface area contributed by atoms with Crippen LogP contribution in [-0.4, -0.2) is 19.5 Å². The van der Waals surface area contributed by atoms with Crippen molar-refractivity contribution < 1.29 is 26.4 Å². The van der Waals surface area contributed by atoms with Crippen molar-refractivity contribution in [3.05, 3.63) is 77.0 Å². The summed E-state index contributed by atoms with van der Waals surface area (Å²) in [6.07, 6.45) is -1.55. The number of rotatable bonds is 3. The third-order valence-electron chi connectivity index (χ3n) is 5.39. The van der Waals surface area contributed by atoms with Crippen molar-refractivity contribution in [3.8, 4) is 0 Å². The van der Waals surface area contributed by atoms with Gasteiger partial charge in [0.25, 0.3) is 10.0 Å². The van der Waals surface area contributed by atoms with Crippen LogP contribution in [0.2, 0.25) is 0 Å². The quantitative estimate of drug-likeness (QED) is 0.721. The molecule has 1 aliphatic heterocycles. The maximum absolute atomic E-state index is 13.3. The second-order valence-electron chi connectivity index (χ2n) is 7.41. The van der Waals surface area contributed by atoms with E-state index in [2.05, 4.69) is 5.43 Å². The van der Waals surface area contributed by atoms with Gasteiger partial charge >= 0.3 is 12.2 Å². The number of sulfonamides is 1. The topological polar surface area (TPSA) is 78.5 Å². The van der Waals surface area contributed by atoms with E-state index in [1.807, 2.05) is 30.3 Å². The molecule has 1 unspecified atom stereocenters. The number of amides is 2. The zero-order chi connectivity index (χ0) is 22.2. The SMILES string of the molecule is O=C(NS(=O)(=O)c1ccccc1C(F)(F)F)N1NC2=C(CCCC2)C1c1ccccc1. The number of benzene rings is 2. The van der Waals surface area contributed by atoms with Gasteiger partial charge < -0.3 is 0 Å². The number of hydrazine groups is 1. The molecular formula is C21H20F3N3O3S. The molecule has 1 heterocycles. The number of nitrogens with one attached hydrogen (secondary N) is 2. The lowest BCUT2D eigenvalue weighted by molar-refractivity contribution is -0.139. The lowest BCUT2D eigenvalue weighted by Gasteiger charge is -2.27. The molecule has 164 valence electrons. The Morgan fingerprint density at radius 1 is 1.00 bits per heavy atom. The van der Waals surface area contributed by atoms with Crippen molar-refractivity contribution in [2.75, 3.05) is 0 Å². The van der Waals surface area contributed by atoms with Gasteiger partial charge in [-0.25, -0.2) is 22.9 Å². The molecule has 0 fully saturated rings. The molecule has 2 amide bonds. The molecule has 0 spiro atoms. The number of nitrogens with zero attached hydrogens (tertiary/aromatic N) is 1. The summed E-state index contributed by atoms with van der Waals surface area (Å²) in [5.41, 5.74) is 4.26. The summed E-state index contributed by atoms with van der Waals surface area (Å²) in [7, 11) is -4.77. The summed E-state index contributed by atoms with van der Waals surface area (Å²) in [5, 5.41) is 1.15. The molecule has 0 radical (unpaired) electrons. The number of hydrogen-bond acceptors (Lipinski definition) is 4. The first-order valence-corrected chi connectivity index (χ1v) is 11.2. The maximum atomic E-state index is 13.3. The van der Waals surface area contributed by atoms with Crippen LogP contribution in [0.3, 0.4) is 0 Å². The fraction of sp³-hybridized carbons (Fsp3) is 0.286. The van der Waals surface area contributed by atoms with E-state index in [0.29, 0.717) is 12.5 Å². The third kappa shape index (κ3) is 4.12. The highest BCUT2D eigenvalue weighted by atomic mass is 32.2. The molecule has 0 saturated carbocycles. The Morgan fingerprint density at radius 2 is 1.65 bits per heavy atom. The van der Waals surface area contributed by atoms with E-state index >= 15 is 0 Å². The molecule has 31 heavy (non-hydrogen) atoms. The van der Waals surface area contributed by atoms with Crippen molar-refractivity contribution >= 4 is 16.1 Å². The van der Waals surface area contributed by atoms with Crippen molar-refractivity contribution in [2.45, 2.75) is 42.8 Å². The second kappa shape index (κ2) is 7.92. The van der Waals surface area contributed by atoms with Gasteiger partial charge in [-0.05, 0) is 49.0 Å². The normalized spacial score (nSPS) is 19.1. The Kier molecular flexibility index (Phi) is 5.42. The van der Waals surface area contributed by atoms with Gasteiger partial charge in [0, 0.05) is 5.70 Å². The average molecular weight is 451 g/mol. The van der Waals surface area contributed by atoms with Crippen LogP contribution in [0.15, 0.2) is 70.8 Å². The van der Waals surface area contributed by atoms with E-state index in [0.717, 1.165) is 53.2 Å². The van der Waals surface area contributed by atoms with Gasteiger partial charge in [-0.1, -0.05) is 42.5 Å². The second-order valence-corrected chi connectivity index (χ2v) is 9.06. The van der Waals surface area contributed by atoms with Gasteiger partial charge in [0.2, 0.25) is 0 Å². The first kappa shape index (κ1) is 21.2. The molecule has 0 bridgehead atoms. The number of alkyl halides is 3. The number of urea groups is 1. The van der Waals surface area contributed by atoms with Crippen LogP contribution in [0.1, 0.15) is 42.9 Å². The lowest BCUT2D eigenvalue weighted by atomic mass is 9.89. The molecule has 2 aromatic rings. The first-order valence-electron chi connectivity index (χ1n) is 9.74. The number of hydrogen-bond donors (Lipinski definition) is 2. The van der Waals surface area contributed by atoms with Gasteiger partial charge in [-0.2, -0.15) is 13.2 Å².